The molecule has 0 fully saturated rings. The average Bonchev–Trinajstić information content (AvgIpc) is 2.93. The Labute approximate surface area is 226 Å². The molecule has 0 aliphatic carbocycles. The molecule has 6 N–H and O–H groups in total. The number of nitrogens with one attached hydrogen (secondary N) is 2. The van der Waals surface area contributed by atoms with Crippen molar-refractivity contribution in [1.82, 2.24) is 4.90 Å². The molecule has 0 radical (unpaired) electrons. The predicted molar refractivity (Wildman–Crippen MR) is 150 cm³/mol. The zero-order valence-electron chi connectivity index (χ0n) is 20.9. The van der Waals surface area contributed by atoms with Crippen molar-refractivity contribution >= 4 is 33.4 Å². The van der Waals surface area contributed by atoms with Gasteiger partial charge in [0.2, 0.25) is 10.0 Å². The topological polar surface area (TPSA) is 159 Å². The molecular formula is C29H27N5O4S. The summed E-state index contributed by atoms with van der Waals surface area (Å²) >= 11 is 0. The van der Waals surface area contributed by atoms with Crippen molar-refractivity contribution in [3.63, 3.8) is 0 Å². The number of carbonyl (C=O) groups excluding carboxylic acids is 2. The Balaban J connectivity index is 1.54. The van der Waals surface area contributed by atoms with Gasteiger partial charge < -0.3 is 16.0 Å². The van der Waals surface area contributed by atoms with Crippen LogP contribution < -0.4 is 16.2 Å². The number of hydrogen-bond acceptors (Lipinski definition) is 5. The number of nitrogens with zero attached hydrogens (tertiary/aromatic N) is 1. The minimum atomic E-state index is -3.93. The first-order valence-electron chi connectivity index (χ1n) is 11.9. The number of nitrogen functional groups attached to an aromatic ring is 1. The molecule has 9 nitrogen and oxygen atoms in total. The molecule has 0 bridgehead atoms. The van der Waals surface area contributed by atoms with Crippen LogP contribution in [0.4, 0.5) is 5.69 Å². The number of sulfonamides is 1. The van der Waals surface area contributed by atoms with Crippen molar-refractivity contribution in [2.24, 2.45) is 10.9 Å². The van der Waals surface area contributed by atoms with Crippen molar-refractivity contribution in [3.8, 4) is 11.1 Å². The summed E-state index contributed by atoms with van der Waals surface area (Å²) < 4.78 is 23.9. The molecule has 2 amide bonds. The molecule has 39 heavy (non-hydrogen) atoms. The van der Waals surface area contributed by atoms with Crippen LogP contribution in [0.15, 0.2) is 108 Å². The van der Waals surface area contributed by atoms with Gasteiger partial charge >= 0.3 is 11.8 Å². The molecule has 198 valence electrons. The molecule has 0 unspecified atom stereocenters. The molecule has 10 heteroatoms. The molecule has 0 saturated carbocycles. The number of carbonyl (C=O) groups is 2. The van der Waals surface area contributed by atoms with E-state index in [1.807, 2.05) is 30.3 Å². The van der Waals surface area contributed by atoms with Gasteiger partial charge in [0.1, 0.15) is 5.84 Å². The number of hydrogen-bond donors (Lipinski definition) is 4. The molecule has 0 aliphatic rings. The molecule has 4 aromatic carbocycles. The summed E-state index contributed by atoms with van der Waals surface area (Å²) in [4.78, 5) is 27.7. The Bertz CT molecular complexity index is 1620. The van der Waals surface area contributed by atoms with Crippen molar-refractivity contribution in [1.29, 1.82) is 5.41 Å². The van der Waals surface area contributed by atoms with Crippen LogP contribution in [0.1, 0.15) is 16.7 Å². The lowest BCUT2D eigenvalue weighted by molar-refractivity contribution is -0.144. The van der Waals surface area contributed by atoms with Gasteiger partial charge in [0.05, 0.1) is 4.90 Å². The summed E-state index contributed by atoms with van der Waals surface area (Å²) in [7, 11) is -3.93. The summed E-state index contributed by atoms with van der Waals surface area (Å²) in [6, 6.07) is 29.0. The zero-order chi connectivity index (χ0) is 28.0. The lowest BCUT2D eigenvalue weighted by Crippen LogP contribution is -2.39. The van der Waals surface area contributed by atoms with E-state index in [4.69, 9.17) is 16.3 Å². The summed E-state index contributed by atoms with van der Waals surface area (Å²) in [6.45, 7) is 0.326. The van der Waals surface area contributed by atoms with E-state index in [1.54, 1.807) is 66.7 Å². The van der Waals surface area contributed by atoms with Gasteiger partial charge in [0.15, 0.2) is 0 Å². The van der Waals surface area contributed by atoms with Gasteiger partial charge in [-0.15, -0.1) is 0 Å². The first kappa shape index (κ1) is 27.2. The third-order valence-electron chi connectivity index (χ3n) is 5.96. The molecule has 0 aliphatic heterocycles. The Kier molecular flexibility index (Phi) is 8.18. The largest absolute Gasteiger partial charge is 0.384 e. The molecule has 0 saturated heterocycles. The highest BCUT2D eigenvalue weighted by Gasteiger charge is 2.23. The number of primary sulfonamides is 1. The van der Waals surface area contributed by atoms with E-state index in [0.717, 1.165) is 11.1 Å². The van der Waals surface area contributed by atoms with E-state index in [0.29, 0.717) is 22.4 Å². The molecule has 0 spiro atoms. The number of nitrogens with two attached hydrogens (primary N) is 2. The van der Waals surface area contributed by atoms with Crippen molar-refractivity contribution in [2.45, 2.75) is 18.0 Å². The summed E-state index contributed by atoms with van der Waals surface area (Å²) in [5, 5.41) is 15.6. The van der Waals surface area contributed by atoms with Gasteiger partial charge in [-0.05, 0) is 41.0 Å². The summed E-state index contributed by atoms with van der Waals surface area (Å²) in [6.07, 6.45) is 0. The van der Waals surface area contributed by atoms with Gasteiger partial charge in [-0.2, -0.15) is 0 Å². The standard InChI is InChI=1S/C29H27N5O4S/c30-27(31)23-10-6-9-21(17-23)19-34(18-20-7-2-1-3-8-20)29(36)28(35)33-24-15-13-22(14-16-24)25-11-4-5-12-26(25)39(32,37)38/h1-17H,18-19H2,(H3,30,31)(H,33,35)(H2,32,37,38). The van der Waals surface area contributed by atoms with E-state index < -0.39 is 21.8 Å². The van der Waals surface area contributed by atoms with E-state index >= 15 is 0 Å². The number of anilines is 1. The van der Waals surface area contributed by atoms with Gasteiger partial charge in [-0.25, -0.2) is 13.6 Å². The quantitative estimate of drug-likeness (QED) is 0.152. The highest BCUT2D eigenvalue weighted by Crippen LogP contribution is 2.27. The van der Waals surface area contributed by atoms with Gasteiger partial charge in [0.25, 0.3) is 0 Å². The average molecular weight is 542 g/mol. The molecular weight excluding hydrogens is 514 g/mol. The van der Waals surface area contributed by atoms with Crippen LogP contribution in [-0.2, 0) is 32.7 Å². The highest BCUT2D eigenvalue weighted by molar-refractivity contribution is 7.89. The number of amidine groups is 1. The Morgan fingerprint density at radius 1 is 0.795 bits per heavy atom. The van der Waals surface area contributed by atoms with Crippen LogP contribution in [0, 0.1) is 5.41 Å². The predicted octanol–water partition coefficient (Wildman–Crippen LogP) is 3.45. The number of rotatable bonds is 8. The first-order valence-corrected chi connectivity index (χ1v) is 13.5. The Morgan fingerprint density at radius 3 is 2.08 bits per heavy atom. The van der Waals surface area contributed by atoms with Gasteiger partial charge in [-0.3, -0.25) is 15.0 Å². The fraction of sp³-hybridized carbons (Fsp3) is 0.0690. The molecule has 0 atom stereocenters. The lowest BCUT2D eigenvalue weighted by Gasteiger charge is -2.23. The van der Waals surface area contributed by atoms with Crippen LogP contribution in [0.3, 0.4) is 0 Å². The third kappa shape index (κ3) is 6.95. The maximum Gasteiger partial charge on any atom is 0.313 e. The molecule has 0 aromatic heterocycles. The number of benzene rings is 4. The molecule has 4 aromatic rings. The first-order chi connectivity index (χ1) is 18.6. The van der Waals surface area contributed by atoms with Crippen LogP contribution >= 0.6 is 0 Å². The van der Waals surface area contributed by atoms with Gasteiger partial charge in [-0.1, -0.05) is 78.9 Å². The second-order valence-corrected chi connectivity index (χ2v) is 10.4. The normalized spacial score (nSPS) is 11.0. The SMILES string of the molecule is N=C(N)c1cccc(CN(Cc2ccccc2)C(=O)C(=O)Nc2ccc(-c3ccccc3S(N)(=O)=O)cc2)c1. The maximum atomic E-state index is 13.3. The van der Waals surface area contributed by atoms with E-state index in [9.17, 15) is 18.0 Å². The van der Waals surface area contributed by atoms with Crippen molar-refractivity contribution < 1.29 is 18.0 Å². The minimum absolute atomic E-state index is 0.0117. The smallest absolute Gasteiger partial charge is 0.313 e. The van der Waals surface area contributed by atoms with Gasteiger partial charge in [0, 0.05) is 29.9 Å². The van der Waals surface area contributed by atoms with E-state index in [-0.39, 0.29) is 23.8 Å². The third-order valence-corrected chi connectivity index (χ3v) is 6.93. The van der Waals surface area contributed by atoms with Crippen LogP contribution in [0.25, 0.3) is 11.1 Å². The van der Waals surface area contributed by atoms with Crippen LogP contribution in [0.5, 0.6) is 0 Å². The second-order valence-electron chi connectivity index (χ2n) is 8.83. The Hall–Kier alpha value is -4.80. The van der Waals surface area contributed by atoms with E-state index in [2.05, 4.69) is 5.32 Å². The second kappa shape index (κ2) is 11.7. The van der Waals surface area contributed by atoms with E-state index in [1.165, 1.54) is 11.0 Å². The lowest BCUT2D eigenvalue weighted by atomic mass is 10.1. The molecule has 4 rings (SSSR count). The zero-order valence-corrected chi connectivity index (χ0v) is 21.7. The fourth-order valence-electron chi connectivity index (χ4n) is 4.08. The van der Waals surface area contributed by atoms with Crippen molar-refractivity contribution in [3.05, 3.63) is 120 Å². The van der Waals surface area contributed by atoms with Crippen LogP contribution in [0.2, 0.25) is 0 Å². The highest BCUT2D eigenvalue weighted by atomic mass is 32.2. The molecule has 0 heterocycles. The van der Waals surface area contributed by atoms with Crippen LogP contribution in [-0.4, -0.2) is 31.0 Å². The summed E-state index contributed by atoms with van der Waals surface area (Å²) in [5.74, 6) is -1.66. The Morgan fingerprint density at radius 2 is 1.41 bits per heavy atom. The summed E-state index contributed by atoms with van der Waals surface area (Å²) in [5.41, 5.74) is 9.07. The minimum Gasteiger partial charge on any atom is -0.384 e. The number of amides is 2. The van der Waals surface area contributed by atoms with Crippen molar-refractivity contribution in [2.75, 3.05) is 5.32 Å². The maximum absolute atomic E-state index is 13.3. The monoisotopic (exact) mass is 541 g/mol. The fourth-order valence-corrected chi connectivity index (χ4v) is 4.84.